The molecule has 0 radical (unpaired) electrons. The fourth-order valence-electron chi connectivity index (χ4n) is 0.878. The van der Waals surface area contributed by atoms with Gasteiger partial charge < -0.3 is 10.1 Å². The van der Waals surface area contributed by atoms with Crippen LogP contribution in [0.2, 0.25) is 0 Å². The third-order valence-corrected chi connectivity index (χ3v) is 1.52. The van der Waals surface area contributed by atoms with E-state index in [9.17, 15) is 19.7 Å². The Hall–Kier alpha value is -2.11. The third-order valence-electron chi connectivity index (χ3n) is 1.52. The van der Waals surface area contributed by atoms with Gasteiger partial charge in [0.15, 0.2) is 6.29 Å². The van der Waals surface area contributed by atoms with Crippen LogP contribution < -0.4 is 0 Å². The molecule has 0 aliphatic carbocycles. The lowest BCUT2D eigenvalue weighted by molar-refractivity contribution is -0.389. The number of nitrogens with zero attached hydrogens (tertiary/aromatic N) is 2. The lowest BCUT2D eigenvalue weighted by Gasteiger charge is -1.94. The average molecular weight is 194 g/mol. The number of carbonyl (C=O) groups is 2. The molecule has 0 aromatic carbocycles. The molecule has 1 aromatic heterocycles. The van der Waals surface area contributed by atoms with Crippen LogP contribution in [0.3, 0.4) is 0 Å². The summed E-state index contributed by atoms with van der Waals surface area (Å²) in [6.07, 6.45) is 0.432. The number of hydrogen-bond donors (Lipinski definition) is 0. The van der Waals surface area contributed by atoms with Crippen molar-refractivity contribution < 1.29 is 14.5 Å². The Labute approximate surface area is 78.7 Å². The van der Waals surface area contributed by atoms with Crippen LogP contribution in [0.5, 0.6) is 0 Å². The van der Waals surface area contributed by atoms with Crippen molar-refractivity contribution in [3.8, 4) is 0 Å². The molecule has 1 aromatic rings. The minimum absolute atomic E-state index is 0.0666. The van der Waals surface area contributed by atoms with Gasteiger partial charge in [-0.1, -0.05) is 0 Å². The van der Waals surface area contributed by atoms with E-state index in [-0.39, 0.29) is 11.3 Å². The first-order chi connectivity index (χ1) is 6.54. The zero-order valence-electron chi connectivity index (χ0n) is 7.26. The molecule has 0 amide bonds. The van der Waals surface area contributed by atoms with Crippen LogP contribution in [-0.2, 0) is 0 Å². The zero-order valence-corrected chi connectivity index (χ0v) is 7.26. The Bertz CT molecular complexity index is 382. The van der Waals surface area contributed by atoms with Gasteiger partial charge >= 0.3 is 5.82 Å². The summed E-state index contributed by atoms with van der Waals surface area (Å²) in [5.74, 6) is -0.920. The van der Waals surface area contributed by atoms with Crippen LogP contribution in [0.4, 0.5) is 5.82 Å². The highest BCUT2D eigenvalue weighted by Crippen LogP contribution is 2.11. The van der Waals surface area contributed by atoms with Gasteiger partial charge in [0.2, 0.25) is 11.5 Å². The molecule has 6 heteroatoms. The van der Waals surface area contributed by atoms with Gasteiger partial charge in [-0.15, -0.1) is 0 Å². The second-order valence-electron chi connectivity index (χ2n) is 2.58. The number of aldehydes is 1. The van der Waals surface area contributed by atoms with Crippen molar-refractivity contribution in [3.63, 3.8) is 0 Å². The maximum atomic E-state index is 10.9. The first kappa shape index (κ1) is 9.97. The lowest BCUT2D eigenvalue weighted by Crippen LogP contribution is -2.02. The molecule has 0 spiro atoms. The van der Waals surface area contributed by atoms with Crippen molar-refractivity contribution in [1.82, 2.24) is 4.98 Å². The first-order valence-electron chi connectivity index (χ1n) is 3.67. The molecular weight excluding hydrogens is 188 g/mol. The van der Waals surface area contributed by atoms with Gasteiger partial charge in [-0.3, -0.25) is 9.59 Å². The molecule has 72 valence electrons. The van der Waals surface area contributed by atoms with E-state index in [4.69, 9.17) is 0 Å². The number of aromatic nitrogens is 1. The van der Waals surface area contributed by atoms with Crippen LogP contribution in [0.15, 0.2) is 12.1 Å². The Balaban J connectivity index is 3.34. The Kier molecular flexibility index (Phi) is 2.66. The minimum Gasteiger partial charge on any atom is -0.358 e. The molecule has 0 N–H and O–H groups in total. The van der Waals surface area contributed by atoms with Crippen LogP contribution >= 0.6 is 0 Å². The normalized spacial score (nSPS) is 9.50. The van der Waals surface area contributed by atoms with E-state index in [0.717, 1.165) is 6.07 Å². The summed E-state index contributed by atoms with van der Waals surface area (Å²) >= 11 is 0. The molecule has 0 bridgehead atoms. The molecule has 6 nitrogen and oxygen atoms in total. The molecule has 1 heterocycles. The molecule has 0 aliphatic heterocycles. The zero-order chi connectivity index (χ0) is 10.7. The SMILES string of the molecule is CC(=O)c1cc(C=O)cc([N+](=O)[O-])n1. The van der Waals surface area contributed by atoms with Crippen molar-refractivity contribution in [3.05, 3.63) is 33.5 Å². The Morgan fingerprint density at radius 2 is 2.21 bits per heavy atom. The van der Waals surface area contributed by atoms with Gasteiger partial charge in [0.05, 0.1) is 0 Å². The van der Waals surface area contributed by atoms with E-state index in [0.29, 0.717) is 6.29 Å². The summed E-state index contributed by atoms with van der Waals surface area (Å²) in [7, 11) is 0. The molecule has 0 aliphatic rings. The summed E-state index contributed by atoms with van der Waals surface area (Å²) < 4.78 is 0. The largest absolute Gasteiger partial charge is 0.364 e. The quantitative estimate of drug-likeness (QED) is 0.310. The molecule has 0 saturated carbocycles. The molecule has 0 fully saturated rings. The van der Waals surface area contributed by atoms with Crippen molar-refractivity contribution in [2.75, 3.05) is 0 Å². The topological polar surface area (TPSA) is 90.2 Å². The molecule has 0 atom stereocenters. The Morgan fingerprint density at radius 3 is 2.64 bits per heavy atom. The van der Waals surface area contributed by atoms with Crippen LogP contribution in [0.25, 0.3) is 0 Å². The number of carbonyl (C=O) groups excluding carboxylic acids is 2. The van der Waals surface area contributed by atoms with E-state index < -0.39 is 16.5 Å². The van der Waals surface area contributed by atoms with Gasteiger partial charge in [-0.25, -0.2) is 0 Å². The summed E-state index contributed by atoms with van der Waals surface area (Å²) in [6, 6.07) is 2.22. The maximum Gasteiger partial charge on any atom is 0.364 e. The smallest absolute Gasteiger partial charge is 0.358 e. The van der Waals surface area contributed by atoms with Crippen LogP contribution in [0.1, 0.15) is 27.8 Å². The van der Waals surface area contributed by atoms with Crippen LogP contribution in [-0.4, -0.2) is 22.0 Å². The van der Waals surface area contributed by atoms with Crippen molar-refractivity contribution in [1.29, 1.82) is 0 Å². The second kappa shape index (κ2) is 3.73. The number of Topliss-reactive ketones (excluding diaryl/α,β-unsaturated/α-hetero) is 1. The third kappa shape index (κ3) is 1.98. The van der Waals surface area contributed by atoms with E-state index in [2.05, 4.69) is 4.98 Å². The molecular formula is C8H6N2O4. The van der Waals surface area contributed by atoms with Gasteiger partial charge in [0.1, 0.15) is 0 Å². The number of rotatable bonds is 3. The minimum atomic E-state index is -0.751. The maximum absolute atomic E-state index is 10.9. The van der Waals surface area contributed by atoms with Crippen molar-refractivity contribution in [2.45, 2.75) is 6.92 Å². The number of ketones is 1. The van der Waals surface area contributed by atoms with Crippen LogP contribution in [0, 0.1) is 10.1 Å². The first-order valence-corrected chi connectivity index (χ1v) is 3.67. The highest BCUT2D eigenvalue weighted by molar-refractivity contribution is 5.94. The van der Waals surface area contributed by atoms with Gasteiger partial charge in [-0.2, -0.15) is 0 Å². The summed E-state index contributed by atoms with van der Waals surface area (Å²) in [6.45, 7) is 1.22. The van der Waals surface area contributed by atoms with Gasteiger partial charge in [0, 0.05) is 24.6 Å². The lowest BCUT2D eigenvalue weighted by atomic mass is 10.2. The van der Waals surface area contributed by atoms with Crippen molar-refractivity contribution in [2.24, 2.45) is 0 Å². The van der Waals surface area contributed by atoms with E-state index in [1.54, 1.807) is 0 Å². The Morgan fingerprint density at radius 1 is 1.57 bits per heavy atom. The summed E-state index contributed by atoms with van der Waals surface area (Å²) in [5.41, 5.74) is -0.0156. The predicted octanol–water partition coefficient (Wildman–Crippen LogP) is 1.00. The monoisotopic (exact) mass is 194 g/mol. The number of hydrogen-bond acceptors (Lipinski definition) is 5. The molecule has 14 heavy (non-hydrogen) atoms. The van der Waals surface area contributed by atoms with Crippen molar-refractivity contribution >= 4 is 17.9 Å². The summed E-state index contributed by atoms with van der Waals surface area (Å²) in [5, 5.41) is 10.4. The molecule has 0 saturated heterocycles. The van der Waals surface area contributed by atoms with Gasteiger partial charge in [0.25, 0.3) is 0 Å². The predicted molar refractivity (Wildman–Crippen MR) is 46.3 cm³/mol. The fraction of sp³-hybridized carbons (Fsp3) is 0.125. The standard InChI is InChI=1S/C8H6N2O4/c1-5(12)7-2-6(4-11)3-8(9-7)10(13)14/h2-4H,1H3. The number of pyridine rings is 1. The second-order valence-corrected chi connectivity index (χ2v) is 2.58. The summed E-state index contributed by atoms with van der Waals surface area (Å²) in [4.78, 5) is 34.4. The van der Waals surface area contributed by atoms with E-state index in [1.165, 1.54) is 13.0 Å². The highest BCUT2D eigenvalue weighted by atomic mass is 16.6. The average Bonchev–Trinajstić information content (AvgIpc) is 2.16. The van der Waals surface area contributed by atoms with E-state index in [1.807, 2.05) is 0 Å². The molecule has 0 unspecified atom stereocenters. The fourth-order valence-corrected chi connectivity index (χ4v) is 0.878. The highest BCUT2D eigenvalue weighted by Gasteiger charge is 2.15. The van der Waals surface area contributed by atoms with Gasteiger partial charge in [-0.05, 0) is 9.91 Å². The van der Waals surface area contributed by atoms with E-state index >= 15 is 0 Å². The number of nitro groups is 1. The molecule has 1 rings (SSSR count).